The fourth-order valence-corrected chi connectivity index (χ4v) is 2.98. The van der Waals surface area contributed by atoms with Crippen molar-refractivity contribution in [1.29, 1.82) is 0 Å². The van der Waals surface area contributed by atoms with Crippen LogP contribution < -0.4 is 20.3 Å². The molecule has 0 aliphatic carbocycles. The first-order valence-corrected chi connectivity index (χ1v) is 9.03. The molecule has 0 unspecified atom stereocenters. The number of halogens is 4. The van der Waals surface area contributed by atoms with E-state index in [1.807, 2.05) is 5.43 Å². The van der Waals surface area contributed by atoms with Crippen LogP contribution >= 0.6 is 11.6 Å². The molecule has 0 saturated heterocycles. The number of nitrogens with one attached hydrogen (secondary N) is 2. The number of hydrogen-bond acceptors (Lipinski definition) is 5. The van der Waals surface area contributed by atoms with Gasteiger partial charge in [-0.25, -0.2) is 4.68 Å². The van der Waals surface area contributed by atoms with Gasteiger partial charge in [0.25, 0.3) is 11.8 Å². The predicted octanol–water partition coefficient (Wildman–Crippen LogP) is 3.35. The third kappa shape index (κ3) is 4.12. The lowest BCUT2D eigenvalue weighted by Gasteiger charge is -2.13. The second-order valence-corrected chi connectivity index (χ2v) is 6.71. The molecular weight excluding hydrogens is 441 g/mol. The number of carbonyl (C=O) groups is 2. The van der Waals surface area contributed by atoms with E-state index < -0.39 is 29.2 Å². The molecule has 12 heteroatoms. The molecule has 1 aromatic heterocycles. The van der Waals surface area contributed by atoms with E-state index in [-0.39, 0.29) is 18.0 Å². The number of nitrogens with zero attached hydrogens (tertiary/aromatic N) is 2. The van der Waals surface area contributed by atoms with Crippen LogP contribution in [0, 0.1) is 0 Å². The maximum absolute atomic E-state index is 13.7. The van der Waals surface area contributed by atoms with Crippen molar-refractivity contribution in [3.05, 3.63) is 70.5 Å². The summed E-state index contributed by atoms with van der Waals surface area (Å²) >= 11 is 5.77. The quantitative estimate of drug-likeness (QED) is 0.594. The molecule has 0 atom stereocenters. The Kier molecular flexibility index (Phi) is 5.19. The molecule has 2 aromatic carbocycles. The zero-order valence-corrected chi connectivity index (χ0v) is 16.1. The van der Waals surface area contributed by atoms with Crippen molar-refractivity contribution in [1.82, 2.24) is 20.6 Å². The minimum absolute atomic E-state index is 0.00890. The largest absolute Gasteiger partial charge is 0.454 e. The minimum atomic E-state index is -4.90. The lowest BCUT2D eigenvalue weighted by atomic mass is 10.2. The molecule has 2 amide bonds. The zero-order chi connectivity index (χ0) is 22.2. The lowest BCUT2D eigenvalue weighted by Crippen LogP contribution is -2.42. The van der Waals surface area contributed by atoms with Gasteiger partial charge in [0.15, 0.2) is 17.2 Å². The number of amides is 2. The van der Waals surface area contributed by atoms with Gasteiger partial charge in [-0.15, -0.1) is 0 Å². The molecule has 3 aromatic rings. The summed E-state index contributed by atoms with van der Waals surface area (Å²) in [5, 5.41) is 4.01. The van der Waals surface area contributed by atoms with Crippen LogP contribution in [-0.4, -0.2) is 28.4 Å². The van der Waals surface area contributed by atoms with Crippen LogP contribution in [0.3, 0.4) is 0 Å². The highest BCUT2D eigenvalue weighted by molar-refractivity contribution is 6.30. The summed E-state index contributed by atoms with van der Waals surface area (Å²) in [6.45, 7) is 0.00890. The highest BCUT2D eigenvalue weighted by atomic mass is 35.5. The molecular formula is C19H12ClF3N4O4. The second-order valence-electron chi connectivity index (χ2n) is 6.27. The van der Waals surface area contributed by atoms with Crippen molar-refractivity contribution in [2.45, 2.75) is 6.18 Å². The van der Waals surface area contributed by atoms with Crippen LogP contribution in [0.2, 0.25) is 5.02 Å². The first-order valence-electron chi connectivity index (χ1n) is 8.65. The summed E-state index contributed by atoms with van der Waals surface area (Å²) in [7, 11) is 0. The average Bonchev–Trinajstić information content (AvgIpc) is 3.38. The number of hydrogen-bond donors (Lipinski definition) is 2. The maximum Gasteiger partial charge on any atom is 0.434 e. The Labute approximate surface area is 177 Å². The molecule has 1 aliphatic heterocycles. The Morgan fingerprint density at radius 1 is 1.00 bits per heavy atom. The van der Waals surface area contributed by atoms with Gasteiger partial charge < -0.3 is 9.47 Å². The number of carbonyl (C=O) groups excluding carboxylic acids is 2. The smallest absolute Gasteiger partial charge is 0.434 e. The Bertz CT molecular complexity index is 1160. The number of hydrazine groups is 1. The van der Waals surface area contributed by atoms with Gasteiger partial charge in [-0.05, 0) is 42.5 Å². The van der Waals surface area contributed by atoms with Crippen LogP contribution in [0.1, 0.15) is 26.4 Å². The zero-order valence-electron chi connectivity index (χ0n) is 15.4. The van der Waals surface area contributed by atoms with E-state index in [0.29, 0.717) is 21.2 Å². The highest BCUT2D eigenvalue weighted by Gasteiger charge is 2.40. The fraction of sp³-hybridized carbons (Fsp3) is 0.105. The number of aromatic nitrogens is 2. The molecule has 0 radical (unpaired) electrons. The van der Waals surface area contributed by atoms with Crippen molar-refractivity contribution in [2.24, 2.45) is 0 Å². The van der Waals surface area contributed by atoms with Crippen LogP contribution in [0.4, 0.5) is 13.2 Å². The first kappa shape index (κ1) is 20.5. The molecule has 160 valence electrons. The van der Waals surface area contributed by atoms with Crippen molar-refractivity contribution in [3.63, 3.8) is 0 Å². The number of fused-ring (bicyclic) bond motifs is 1. The summed E-state index contributed by atoms with van der Waals surface area (Å²) in [4.78, 5) is 24.6. The second kappa shape index (κ2) is 7.84. The third-order valence-electron chi connectivity index (χ3n) is 4.28. The molecule has 31 heavy (non-hydrogen) atoms. The average molecular weight is 453 g/mol. The third-order valence-corrected chi connectivity index (χ3v) is 4.53. The van der Waals surface area contributed by atoms with E-state index in [1.165, 1.54) is 42.5 Å². The summed E-state index contributed by atoms with van der Waals surface area (Å²) in [5.41, 5.74) is 2.13. The summed E-state index contributed by atoms with van der Waals surface area (Å²) in [6.07, 6.45) is -4.14. The maximum atomic E-state index is 13.7. The number of benzene rings is 2. The summed E-state index contributed by atoms with van der Waals surface area (Å²) in [6, 6.07) is 9.73. The Morgan fingerprint density at radius 3 is 2.39 bits per heavy atom. The van der Waals surface area contributed by atoms with Gasteiger partial charge in [0.2, 0.25) is 6.79 Å². The molecule has 1 aliphatic rings. The Morgan fingerprint density at radius 2 is 1.68 bits per heavy atom. The number of alkyl halides is 3. The minimum Gasteiger partial charge on any atom is -0.454 e. The van der Waals surface area contributed by atoms with Crippen molar-refractivity contribution in [3.8, 4) is 17.2 Å². The normalized spacial score (nSPS) is 12.5. The van der Waals surface area contributed by atoms with E-state index in [9.17, 15) is 22.8 Å². The summed E-state index contributed by atoms with van der Waals surface area (Å²) < 4.78 is 51.9. The van der Waals surface area contributed by atoms with E-state index in [2.05, 4.69) is 10.5 Å². The van der Waals surface area contributed by atoms with Gasteiger partial charge in [-0.2, -0.15) is 18.3 Å². The highest BCUT2D eigenvalue weighted by Crippen LogP contribution is 2.34. The number of rotatable bonds is 3. The predicted molar refractivity (Wildman–Crippen MR) is 101 cm³/mol. The fourth-order valence-electron chi connectivity index (χ4n) is 2.86. The van der Waals surface area contributed by atoms with Crippen LogP contribution in [-0.2, 0) is 6.18 Å². The van der Waals surface area contributed by atoms with E-state index >= 15 is 0 Å². The van der Waals surface area contributed by atoms with Gasteiger partial charge in [0, 0.05) is 10.6 Å². The van der Waals surface area contributed by atoms with Gasteiger partial charge in [0.05, 0.1) is 17.4 Å². The van der Waals surface area contributed by atoms with E-state index in [0.717, 1.165) is 6.20 Å². The van der Waals surface area contributed by atoms with Gasteiger partial charge in [0.1, 0.15) is 0 Å². The van der Waals surface area contributed by atoms with Crippen LogP contribution in [0.25, 0.3) is 5.69 Å². The number of ether oxygens (including phenoxy) is 2. The topological polar surface area (TPSA) is 94.5 Å². The standard InChI is InChI=1S/C19H12ClF3N4O4/c20-11-2-4-12(5-3-11)27-16(19(21,22)23)13(8-24-27)18(29)26-25-17(28)10-1-6-14-15(7-10)31-9-30-14/h1-8H,9H2,(H,25,28)(H,26,29). The summed E-state index contributed by atoms with van der Waals surface area (Å²) in [5.74, 6) is -1.17. The molecule has 2 heterocycles. The van der Waals surface area contributed by atoms with Gasteiger partial charge in [-0.3, -0.25) is 20.4 Å². The Balaban J connectivity index is 1.54. The first-order chi connectivity index (χ1) is 14.7. The lowest BCUT2D eigenvalue weighted by molar-refractivity contribution is -0.143. The molecule has 2 N–H and O–H groups in total. The molecule has 0 fully saturated rings. The van der Waals surface area contributed by atoms with E-state index in [4.69, 9.17) is 21.1 Å². The molecule has 0 saturated carbocycles. The van der Waals surface area contributed by atoms with Crippen molar-refractivity contribution in [2.75, 3.05) is 6.79 Å². The van der Waals surface area contributed by atoms with E-state index in [1.54, 1.807) is 0 Å². The van der Waals surface area contributed by atoms with Crippen LogP contribution in [0.15, 0.2) is 48.7 Å². The molecule has 0 spiro atoms. The monoisotopic (exact) mass is 452 g/mol. The molecule has 4 rings (SSSR count). The van der Waals surface area contributed by atoms with Crippen LogP contribution in [0.5, 0.6) is 11.5 Å². The molecule has 8 nitrogen and oxygen atoms in total. The van der Waals surface area contributed by atoms with Gasteiger partial charge >= 0.3 is 6.18 Å². The Hall–Kier alpha value is -3.73. The van der Waals surface area contributed by atoms with Crippen molar-refractivity contribution >= 4 is 23.4 Å². The molecule has 0 bridgehead atoms. The SMILES string of the molecule is O=C(NNC(=O)c1cnn(-c2ccc(Cl)cc2)c1C(F)(F)F)c1ccc2c(c1)OCO2. The van der Waals surface area contributed by atoms with Crippen molar-refractivity contribution < 1.29 is 32.2 Å². The van der Waals surface area contributed by atoms with Gasteiger partial charge in [-0.1, -0.05) is 11.6 Å².